The number of hydrogen-bond acceptors (Lipinski definition) is 4. The van der Waals surface area contributed by atoms with Crippen LogP contribution in [0.4, 0.5) is 0 Å². The average Bonchev–Trinajstić information content (AvgIpc) is 2.93. The predicted molar refractivity (Wildman–Crippen MR) is 93.7 cm³/mol. The smallest absolute Gasteiger partial charge is 0.150 e. The molecule has 2 rings (SSSR count). The molecule has 1 N–H and O–H groups in total. The fourth-order valence-corrected chi connectivity index (χ4v) is 6.37. The fourth-order valence-electron chi connectivity index (χ4n) is 2.88. The van der Waals surface area contributed by atoms with E-state index >= 15 is 0 Å². The van der Waals surface area contributed by atoms with Crippen LogP contribution in [0.5, 0.6) is 0 Å². The van der Waals surface area contributed by atoms with Crippen molar-refractivity contribution in [1.29, 1.82) is 0 Å². The van der Waals surface area contributed by atoms with E-state index in [0.29, 0.717) is 29.3 Å². The number of rotatable bonds is 7. The number of nitrogens with one attached hydrogen (secondary N) is 1. The molecule has 1 fully saturated rings. The molecule has 120 valence electrons. The Hall–Kier alpha value is 0.0900. The summed E-state index contributed by atoms with van der Waals surface area (Å²) in [4.78, 5) is 1.34. The zero-order valence-corrected chi connectivity index (χ0v) is 15.9. The SMILES string of the molecule is CC(C)CNCC(Cc1ccc(Br)s1)C1CCS(=O)(=O)C1. The van der Waals surface area contributed by atoms with Crippen molar-refractivity contribution in [3.05, 3.63) is 20.8 Å². The Bertz CT molecular complexity index is 554. The van der Waals surface area contributed by atoms with Crippen molar-refractivity contribution in [2.75, 3.05) is 24.6 Å². The second-order valence-corrected chi connectivity index (χ2v) is 11.2. The summed E-state index contributed by atoms with van der Waals surface area (Å²) >= 11 is 5.26. The minimum Gasteiger partial charge on any atom is -0.316 e. The van der Waals surface area contributed by atoms with E-state index in [4.69, 9.17) is 0 Å². The van der Waals surface area contributed by atoms with Crippen LogP contribution in [-0.4, -0.2) is 33.0 Å². The lowest BCUT2D eigenvalue weighted by Gasteiger charge is -2.23. The first-order chi connectivity index (χ1) is 9.85. The van der Waals surface area contributed by atoms with Gasteiger partial charge < -0.3 is 5.32 Å². The highest BCUT2D eigenvalue weighted by molar-refractivity contribution is 9.11. The quantitative estimate of drug-likeness (QED) is 0.772. The molecule has 1 aromatic rings. The maximum atomic E-state index is 11.8. The number of halogens is 1. The Labute approximate surface area is 140 Å². The Kier molecular flexibility index (Phi) is 6.29. The van der Waals surface area contributed by atoms with Gasteiger partial charge in [-0.15, -0.1) is 11.3 Å². The van der Waals surface area contributed by atoms with Crippen LogP contribution in [0.1, 0.15) is 25.1 Å². The first-order valence-electron chi connectivity index (χ1n) is 7.51. The van der Waals surface area contributed by atoms with E-state index in [2.05, 4.69) is 47.2 Å². The summed E-state index contributed by atoms with van der Waals surface area (Å²) < 4.78 is 24.7. The average molecular weight is 394 g/mol. The van der Waals surface area contributed by atoms with Gasteiger partial charge in [-0.3, -0.25) is 0 Å². The normalized spacial score (nSPS) is 22.8. The second-order valence-electron chi connectivity index (χ2n) is 6.39. The van der Waals surface area contributed by atoms with Gasteiger partial charge in [0.25, 0.3) is 0 Å². The Morgan fingerprint density at radius 3 is 2.67 bits per heavy atom. The van der Waals surface area contributed by atoms with Crippen LogP contribution < -0.4 is 5.32 Å². The molecule has 21 heavy (non-hydrogen) atoms. The largest absolute Gasteiger partial charge is 0.316 e. The van der Waals surface area contributed by atoms with Crippen LogP contribution in [0.2, 0.25) is 0 Å². The summed E-state index contributed by atoms with van der Waals surface area (Å²) in [6, 6.07) is 4.22. The lowest BCUT2D eigenvalue weighted by atomic mass is 9.88. The summed E-state index contributed by atoms with van der Waals surface area (Å²) in [6.07, 6.45) is 1.80. The molecule has 0 radical (unpaired) electrons. The molecule has 1 aromatic heterocycles. The number of sulfone groups is 1. The fraction of sp³-hybridized carbons (Fsp3) is 0.733. The van der Waals surface area contributed by atoms with Gasteiger partial charge in [-0.2, -0.15) is 0 Å². The van der Waals surface area contributed by atoms with E-state index in [1.807, 2.05) is 0 Å². The van der Waals surface area contributed by atoms with Crippen molar-refractivity contribution in [3.8, 4) is 0 Å². The molecule has 3 nitrogen and oxygen atoms in total. The molecule has 0 amide bonds. The van der Waals surface area contributed by atoms with E-state index in [9.17, 15) is 8.42 Å². The van der Waals surface area contributed by atoms with Crippen LogP contribution in [0, 0.1) is 17.8 Å². The third-order valence-corrected chi connectivity index (χ3v) is 7.43. The van der Waals surface area contributed by atoms with Crippen LogP contribution >= 0.6 is 27.3 Å². The minimum absolute atomic E-state index is 0.301. The standard InChI is InChI=1S/C15H24BrNO2S2/c1-11(2)8-17-9-13(7-14-3-4-15(16)20-14)12-5-6-21(18,19)10-12/h3-4,11-13,17H,5-10H2,1-2H3. The zero-order valence-electron chi connectivity index (χ0n) is 12.6. The highest BCUT2D eigenvalue weighted by Crippen LogP contribution is 2.31. The van der Waals surface area contributed by atoms with Crippen molar-refractivity contribution in [2.24, 2.45) is 17.8 Å². The minimum atomic E-state index is -2.80. The van der Waals surface area contributed by atoms with Gasteiger partial charge in [0.05, 0.1) is 15.3 Å². The lowest BCUT2D eigenvalue weighted by molar-refractivity contribution is 0.338. The maximum absolute atomic E-state index is 11.8. The maximum Gasteiger partial charge on any atom is 0.150 e. The number of hydrogen-bond donors (Lipinski definition) is 1. The lowest BCUT2D eigenvalue weighted by Crippen LogP contribution is -2.32. The van der Waals surface area contributed by atoms with Crippen LogP contribution in [0.25, 0.3) is 0 Å². The van der Waals surface area contributed by atoms with Gasteiger partial charge in [0.15, 0.2) is 9.84 Å². The van der Waals surface area contributed by atoms with Gasteiger partial charge in [-0.05, 0) is 71.7 Å². The van der Waals surface area contributed by atoms with E-state index in [1.165, 1.54) is 4.88 Å². The van der Waals surface area contributed by atoms with Crippen LogP contribution in [-0.2, 0) is 16.3 Å². The van der Waals surface area contributed by atoms with Crippen molar-refractivity contribution in [3.63, 3.8) is 0 Å². The molecule has 0 aliphatic carbocycles. The molecule has 2 heterocycles. The molecule has 1 saturated heterocycles. The Balaban J connectivity index is 1.99. The molecule has 1 aliphatic heterocycles. The van der Waals surface area contributed by atoms with E-state index in [1.54, 1.807) is 11.3 Å². The van der Waals surface area contributed by atoms with Gasteiger partial charge >= 0.3 is 0 Å². The summed E-state index contributed by atoms with van der Waals surface area (Å²) in [5.41, 5.74) is 0. The summed E-state index contributed by atoms with van der Waals surface area (Å²) in [6.45, 7) is 6.29. The Morgan fingerprint density at radius 1 is 1.38 bits per heavy atom. The van der Waals surface area contributed by atoms with Crippen molar-refractivity contribution >= 4 is 37.1 Å². The highest BCUT2D eigenvalue weighted by atomic mass is 79.9. The van der Waals surface area contributed by atoms with E-state index in [0.717, 1.165) is 29.7 Å². The highest BCUT2D eigenvalue weighted by Gasteiger charge is 2.33. The van der Waals surface area contributed by atoms with Crippen molar-refractivity contribution < 1.29 is 8.42 Å². The third-order valence-electron chi connectivity index (χ3n) is 3.99. The molecule has 1 aliphatic rings. The van der Waals surface area contributed by atoms with Crippen LogP contribution in [0.3, 0.4) is 0 Å². The van der Waals surface area contributed by atoms with E-state index < -0.39 is 9.84 Å². The van der Waals surface area contributed by atoms with E-state index in [-0.39, 0.29) is 0 Å². The number of thiophene rings is 1. The zero-order chi connectivity index (χ0) is 15.5. The van der Waals surface area contributed by atoms with Gasteiger partial charge in [0.2, 0.25) is 0 Å². The molecule has 0 bridgehead atoms. The van der Waals surface area contributed by atoms with Crippen LogP contribution in [0.15, 0.2) is 15.9 Å². The summed E-state index contributed by atoms with van der Waals surface area (Å²) in [5.74, 6) is 2.07. The van der Waals surface area contributed by atoms with Gasteiger partial charge in [0.1, 0.15) is 0 Å². The van der Waals surface area contributed by atoms with Crippen molar-refractivity contribution in [2.45, 2.75) is 26.7 Å². The molecule has 0 aromatic carbocycles. The molecular formula is C15H24BrNO2S2. The molecule has 6 heteroatoms. The second kappa shape index (κ2) is 7.57. The Morgan fingerprint density at radius 2 is 2.14 bits per heavy atom. The topological polar surface area (TPSA) is 46.2 Å². The van der Waals surface area contributed by atoms with Gasteiger partial charge in [-0.1, -0.05) is 13.8 Å². The first-order valence-corrected chi connectivity index (χ1v) is 10.9. The third kappa shape index (κ3) is 5.66. The predicted octanol–water partition coefficient (Wildman–Crippen LogP) is 3.35. The molecule has 0 spiro atoms. The van der Waals surface area contributed by atoms with Crippen molar-refractivity contribution in [1.82, 2.24) is 5.32 Å². The molecular weight excluding hydrogens is 370 g/mol. The van der Waals surface area contributed by atoms with Gasteiger partial charge in [-0.25, -0.2) is 8.42 Å². The first kappa shape index (κ1) is 17.4. The monoisotopic (exact) mass is 393 g/mol. The molecule has 0 saturated carbocycles. The molecule has 2 atom stereocenters. The summed E-state index contributed by atoms with van der Waals surface area (Å²) in [5, 5.41) is 3.51. The summed E-state index contributed by atoms with van der Waals surface area (Å²) in [7, 11) is -2.80. The van der Waals surface area contributed by atoms with Gasteiger partial charge in [0, 0.05) is 4.88 Å². The molecule has 2 unspecified atom stereocenters.